The van der Waals surface area contributed by atoms with Gasteiger partial charge in [0.25, 0.3) is 0 Å². The quantitative estimate of drug-likeness (QED) is 0.872. The predicted octanol–water partition coefficient (Wildman–Crippen LogP) is 2.34. The fraction of sp³-hybridized carbons (Fsp3) is 0.571. The van der Waals surface area contributed by atoms with Crippen molar-refractivity contribution in [1.82, 2.24) is 0 Å². The van der Waals surface area contributed by atoms with E-state index in [2.05, 4.69) is 0 Å². The van der Waals surface area contributed by atoms with Crippen LogP contribution in [0.5, 0.6) is 5.75 Å². The molecule has 1 aliphatic rings. The Kier molecular flexibility index (Phi) is 4.40. The van der Waals surface area contributed by atoms with Gasteiger partial charge in [0, 0.05) is 19.1 Å². The largest absolute Gasteiger partial charge is 0.488 e. The smallest absolute Gasteiger partial charge is 0.122 e. The third kappa shape index (κ3) is 3.45. The Labute approximate surface area is 102 Å². The number of aliphatic hydroxyl groups is 1. The summed E-state index contributed by atoms with van der Waals surface area (Å²) >= 11 is 0. The SMILES string of the molecule is CC(CO)c1cccc(OC2CCCOC2)c1. The molecule has 1 heterocycles. The lowest BCUT2D eigenvalue weighted by Crippen LogP contribution is -2.28. The van der Waals surface area contributed by atoms with E-state index in [0.717, 1.165) is 30.8 Å². The molecule has 3 nitrogen and oxygen atoms in total. The summed E-state index contributed by atoms with van der Waals surface area (Å²) in [6.07, 6.45) is 2.29. The van der Waals surface area contributed by atoms with Crippen LogP contribution in [0.2, 0.25) is 0 Å². The topological polar surface area (TPSA) is 38.7 Å². The molecule has 94 valence electrons. The first-order valence-electron chi connectivity index (χ1n) is 6.25. The maximum atomic E-state index is 9.14. The highest BCUT2D eigenvalue weighted by Crippen LogP contribution is 2.22. The minimum Gasteiger partial charge on any atom is -0.488 e. The van der Waals surface area contributed by atoms with Crippen LogP contribution in [-0.2, 0) is 4.74 Å². The van der Waals surface area contributed by atoms with Gasteiger partial charge in [0.2, 0.25) is 0 Å². The van der Waals surface area contributed by atoms with Crippen LogP contribution in [0.1, 0.15) is 31.2 Å². The molecule has 17 heavy (non-hydrogen) atoms. The first-order valence-corrected chi connectivity index (χ1v) is 6.25. The zero-order valence-electron chi connectivity index (χ0n) is 10.3. The number of hydrogen-bond acceptors (Lipinski definition) is 3. The van der Waals surface area contributed by atoms with Crippen LogP contribution in [0.3, 0.4) is 0 Å². The molecule has 0 bridgehead atoms. The third-order valence-corrected chi connectivity index (χ3v) is 3.12. The summed E-state index contributed by atoms with van der Waals surface area (Å²) in [5.74, 6) is 1.03. The van der Waals surface area contributed by atoms with Crippen molar-refractivity contribution >= 4 is 0 Å². The second-order valence-electron chi connectivity index (χ2n) is 4.61. The molecule has 2 rings (SSSR count). The van der Waals surface area contributed by atoms with Crippen molar-refractivity contribution in [3.05, 3.63) is 29.8 Å². The van der Waals surface area contributed by atoms with E-state index in [4.69, 9.17) is 14.6 Å². The molecule has 0 aromatic heterocycles. The Bertz CT molecular complexity index is 345. The summed E-state index contributed by atoms with van der Waals surface area (Å²) in [5.41, 5.74) is 1.11. The molecule has 2 unspecified atom stereocenters. The number of aliphatic hydroxyl groups excluding tert-OH is 1. The van der Waals surface area contributed by atoms with Gasteiger partial charge in [0.1, 0.15) is 11.9 Å². The molecule has 0 amide bonds. The molecule has 1 saturated heterocycles. The van der Waals surface area contributed by atoms with Crippen LogP contribution in [0.25, 0.3) is 0 Å². The highest BCUT2D eigenvalue weighted by atomic mass is 16.5. The van der Waals surface area contributed by atoms with Crippen LogP contribution in [0.15, 0.2) is 24.3 Å². The third-order valence-electron chi connectivity index (χ3n) is 3.12. The Balaban J connectivity index is 2.00. The molecule has 0 spiro atoms. The Morgan fingerprint density at radius 2 is 2.41 bits per heavy atom. The first-order chi connectivity index (χ1) is 8.29. The maximum Gasteiger partial charge on any atom is 0.122 e. The van der Waals surface area contributed by atoms with E-state index >= 15 is 0 Å². The van der Waals surface area contributed by atoms with Gasteiger partial charge < -0.3 is 14.6 Å². The van der Waals surface area contributed by atoms with Crippen LogP contribution in [0.4, 0.5) is 0 Å². The van der Waals surface area contributed by atoms with Crippen LogP contribution in [-0.4, -0.2) is 31.0 Å². The van der Waals surface area contributed by atoms with Gasteiger partial charge in [-0.3, -0.25) is 0 Å². The normalized spacial score (nSPS) is 22.1. The van der Waals surface area contributed by atoms with Crippen molar-refractivity contribution in [2.24, 2.45) is 0 Å². The van der Waals surface area contributed by atoms with E-state index in [1.807, 2.05) is 31.2 Å². The van der Waals surface area contributed by atoms with Gasteiger partial charge in [0.15, 0.2) is 0 Å². The van der Waals surface area contributed by atoms with Gasteiger partial charge in [-0.25, -0.2) is 0 Å². The Morgan fingerprint density at radius 3 is 3.12 bits per heavy atom. The highest BCUT2D eigenvalue weighted by Gasteiger charge is 2.15. The van der Waals surface area contributed by atoms with E-state index in [1.165, 1.54) is 0 Å². The summed E-state index contributed by atoms with van der Waals surface area (Å²) < 4.78 is 11.3. The number of hydrogen-bond donors (Lipinski definition) is 1. The van der Waals surface area contributed by atoms with Crippen molar-refractivity contribution in [2.75, 3.05) is 19.8 Å². The second kappa shape index (κ2) is 6.03. The highest BCUT2D eigenvalue weighted by molar-refractivity contribution is 5.30. The molecule has 1 N–H and O–H groups in total. The monoisotopic (exact) mass is 236 g/mol. The molecule has 0 saturated carbocycles. The summed E-state index contributed by atoms with van der Waals surface area (Å²) in [7, 11) is 0. The molecule has 1 aromatic carbocycles. The average Bonchev–Trinajstić information content (AvgIpc) is 2.39. The molecule has 3 heteroatoms. The standard InChI is InChI=1S/C14H20O3/c1-11(9-15)12-4-2-5-13(8-12)17-14-6-3-7-16-10-14/h2,4-5,8,11,14-15H,3,6-7,9-10H2,1H3. The lowest BCUT2D eigenvalue weighted by atomic mass is 10.0. The Morgan fingerprint density at radius 1 is 1.53 bits per heavy atom. The molecule has 0 aliphatic carbocycles. The van der Waals surface area contributed by atoms with Crippen LogP contribution in [0, 0.1) is 0 Å². The summed E-state index contributed by atoms with van der Waals surface area (Å²) in [6, 6.07) is 7.96. The molecular formula is C14H20O3. The van der Waals surface area contributed by atoms with Crippen molar-refractivity contribution in [3.63, 3.8) is 0 Å². The van der Waals surface area contributed by atoms with E-state index in [0.29, 0.717) is 6.61 Å². The van der Waals surface area contributed by atoms with Crippen molar-refractivity contribution in [1.29, 1.82) is 0 Å². The summed E-state index contributed by atoms with van der Waals surface area (Å²) in [6.45, 7) is 3.69. The zero-order chi connectivity index (χ0) is 12.1. The van der Waals surface area contributed by atoms with E-state index in [-0.39, 0.29) is 18.6 Å². The van der Waals surface area contributed by atoms with E-state index in [1.54, 1.807) is 0 Å². The second-order valence-corrected chi connectivity index (χ2v) is 4.61. The fourth-order valence-electron chi connectivity index (χ4n) is 2.00. The fourth-order valence-corrected chi connectivity index (χ4v) is 2.00. The molecule has 1 aliphatic heterocycles. The molecule has 1 fully saturated rings. The molecular weight excluding hydrogens is 216 g/mol. The molecule has 1 aromatic rings. The number of rotatable bonds is 4. The lowest BCUT2D eigenvalue weighted by molar-refractivity contribution is 0.00738. The summed E-state index contributed by atoms with van der Waals surface area (Å²) in [4.78, 5) is 0. The van der Waals surface area contributed by atoms with Crippen molar-refractivity contribution < 1.29 is 14.6 Å². The minimum absolute atomic E-state index is 0.154. The first kappa shape index (κ1) is 12.4. The lowest BCUT2D eigenvalue weighted by Gasteiger charge is -2.23. The van der Waals surface area contributed by atoms with Gasteiger partial charge in [0.05, 0.1) is 6.61 Å². The van der Waals surface area contributed by atoms with Gasteiger partial charge in [-0.15, -0.1) is 0 Å². The average molecular weight is 236 g/mol. The summed E-state index contributed by atoms with van der Waals surface area (Å²) in [5, 5.41) is 9.14. The van der Waals surface area contributed by atoms with Gasteiger partial charge in [-0.1, -0.05) is 19.1 Å². The van der Waals surface area contributed by atoms with Crippen LogP contribution >= 0.6 is 0 Å². The minimum atomic E-state index is 0.154. The molecule has 0 radical (unpaired) electrons. The van der Waals surface area contributed by atoms with Crippen molar-refractivity contribution in [2.45, 2.75) is 31.8 Å². The Hall–Kier alpha value is -1.06. The van der Waals surface area contributed by atoms with Gasteiger partial charge >= 0.3 is 0 Å². The predicted molar refractivity (Wildman–Crippen MR) is 66.4 cm³/mol. The zero-order valence-corrected chi connectivity index (χ0v) is 10.3. The van der Waals surface area contributed by atoms with Crippen LogP contribution < -0.4 is 4.74 Å². The maximum absolute atomic E-state index is 9.14. The van der Waals surface area contributed by atoms with Gasteiger partial charge in [-0.2, -0.15) is 0 Å². The van der Waals surface area contributed by atoms with Gasteiger partial charge in [-0.05, 0) is 30.5 Å². The molecule has 2 atom stereocenters. The number of ether oxygens (including phenoxy) is 2. The van der Waals surface area contributed by atoms with Crippen molar-refractivity contribution in [3.8, 4) is 5.75 Å². The van der Waals surface area contributed by atoms with E-state index in [9.17, 15) is 0 Å². The van der Waals surface area contributed by atoms with E-state index < -0.39 is 0 Å². The number of benzene rings is 1.